The summed E-state index contributed by atoms with van der Waals surface area (Å²) in [5.41, 5.74) is 0.685. The Morgan fingerprint density at radius 2 is 1.96 bits per heavy atom. The number of anilines is 1. The minimum atomic E-state index is -4.68. The fourth-order valence-electron chi connectivity index (χ4n) is 2.92. The first-order chi connectivity index (χ1) is 12.2. The van der Waals surface area contributed by atoms with E-state index in [9.17, 15) is 18.0 Å². The Morgan fingerprint density at radius 1 is 1.19 bits per heavy atom. The smallest absolute Gasteiger partial charge is 0.349 e. The van der Waals surface area contributed by atoms with E-state index in [1.165, 1.54) is 23.6 Å². The molecular formula is C17H14Cl2F3N3O. The van der Waals surface area contributed by atoms with Crippen LogP contribution < -0.4 is 10.6 Å². The molecule has 1 aromatic carbocycles. The molecule has 138 valence electrons. The Kier molecular flexibility index (Phi) is 5.29. The Balaban J connectivity index is 1.75. The highest BCUT2D eigenvalue weighted by atomic mass is 35.5. The van der Waals surface area contributed by atoms with Crippen LogP contribution in [0.4, 0.5) is 19.0 Å². The van der Waals surface area contributed by atoms with Gasteiger partial charge in [-0.3, -0.25) is 10.1 Å². The van der Waals surface area contributed by atoms with Crippen molar-refractivity contribution in [3.63, 3.8) is 0 Å². The van der Waals surface area contributed by atoms with Crippen LogP contribution in [0.1, 0.15) is 34.7 Å². The molecule has 0 saturated heterocycles. The van der Waals surface area contributed by atoms with E-state index in [4.69, 9.17) is 23.2 Å². The molecule has 1 heterocycles. The SMILES string of the molecule is O=C(NC1CCC1c1ccc(Cl)cc1Cl)c1cccnc1NC(F)(F)F. The maximum Gasteiger partial charge on any atom is 0.483 e. The van der Waals surface area contributed by atoms with Gasteiger partial charge in [-0.25, -0.2) is 4.98 Å². The number of amides is 1. The third-order valence-corrected chi connectivity index (χ3v) is 4.83. The number of pyridine rings is 1. The number of halogens is 5. The van der Waals surface area contributed by atoms with Crippen LogP contribution in [0.5, 0.6) is 0 Å². The van der Waals surface area contributed by atoms with E-state index in [-0.39, 0.29) is 17.5 Å². The van der Waals surface area contributed by atoms with Crippen molar-refractivity contribution in [3.8, 4) is 0 Å². The number of aromatic nitrogens is 1. The van der Waals surface area contributed by atoms with Gasteiger partial charge in [0.25, 0.3) is 5.91 Å². The zero-order valence-corrected chi connectivity index (χ0v) is 14.8. The first-order valence-corrected chi connectivity index (χ1v) is 8.56. The maximum atomic E-state index is 12.6. The van der Waals surface area contributed by atoms with Gasteiger partial charge in [-0.1, -0.05) is 29.3 Å². The molecule has 1 aromatic heterocycles. The summed E-state index contributed by atoms with van der Waals surface area (Å²) >= 11 is 12.1. The topological polar surface area (TPSA) is 54.0 Å². The van der Waals surface area contributed by atoms with Gasteiger partial charge in [0.2, 0.25) is 0 Å². The van der Waals surface area contributed by atoms with Crippen molar-refractivity contribution in [1.29, 1.82) is 0 Å². The molecule has 2 aromatic rings. The normalized spacial score (nSPS) is 19.6. The number of hydrogen-bond acceptors (Lipinski definition) is 3. The Bertz CT molecular complexity index is 829. The quantitative estimate of drug-likeness (QED) is 0.706. The Morgan fingerprint density at radius 3 is 2.58 bits per heavy atom. The molecule has 0 radical (unpaired) electrons. The van der Waals surface area contributed by atoms with Crippen molar-refractivity contribution in [1.82, 2.24) is 10.3 Å². The lowest BCUT2D eigenvalue weighted by Crippen LogP contribution is -2.45. The second kappa shape index (κ2) is 7.32. The summed E-state index contributed by atoms with van der Waals surface area (Å²) in [5.74, 6) is -1.16. The summed E-state index contributed by atoms with van der Waals surface area (Å²) < 4.78 is 37.7. The van der Waals surface area contributed by atoms with E-state index in [2.05, 4.69) is 10.3 Å². The third-order valence-electron chi connectivity index (χ3n) is 4.27. The minimum absolute atomic E-state index is 0.0144. The van der Waals surface area contributed by atoms with Gasteiger partial charge in [0.1, 0.15) is 5.82 Å². The molecule has 26 heavy (non-hydrogen) atoms. The highest BCUT2D eigenvalue weighted by Gasteiger charge is 2.36. The average molecular weight is 404 g/mol. The van der Waals surface area contributed by atoms with E-state index >= 15 is 0 Å². The number of nitrogens with one attached hydrogen (secondary N) is 2. The van der Waals surface area contributed by atoms with Crippen LogP contribution in [0, 0.1) is 0 Å². The van der Waals surface area contributed by atoms with Gasteiger partial charge in [-0.2, -0.15) is 13.2 Å². The fourth-order valence-corrected chi connectivity index (χ4v) is 3.46. The molecule has 2 unspecified atom stereocenters. The number of benzene rings is 1. The molecule has 1 aliphatic rings. The van der Waals surface area contributed by atoms with Crippen LogP contribution >= 0.6 is 23.2 Å². The zero-order valence-electron chi connectivity index (χ0n) is 13.3. The molecule has 9 heteroatoms. The van der Waals surface area contributed by atoms with Crippen LogP contribution in [0.2, 0.25) is 10.0 Å². The van der Waals surface area contributed by atoms with Gasteiger partial charge in [-0.15, -0.1) is 0 Å². The minimum Gasteiger partial charge on any atom is -0.349 e. The van der Waals surface area contributed by atoms with Gasteiger partial charge in [0.05, 0.1) is 5.56 Å². The Hall–Kier alpha value is -1.99. The van der Waals surface area contributed by atoms with E-state index < -0.39 is 18.0 Å². The highest BCUT2D eigenvalue weighted by Crippen LogP contribution is 2.41. The van der Waals surface area contributed by atoms with E-state index in [1.54, 1.807) is 18.2 Å². The summed E-state index contributed by atoms with van der Waals surface area (Å²) in [6, 6.07) is 7.62. The summed E-state index contributed by atoms with van der Waals surface area (Å²) in [6.07, 6.45) is -1.98. The Labute approximate surface area is 157 Å². The summed E-state index contributed by atoms with van der Waals surface area (Å²) in [5, 5.41) is 5.07. The molecule has 1 fully saturated rings. The molecule has 2 atom stereocenters. The summed E-state index contributed by atoms with van der Waals surface area (Å²) in [7, 11) is 0. The molecule has 1 amide bonds. The monoisotopic (exact) mass is 403 g/mol. The van der Waals surface area contributed by atoms with Crippen molar-refractivity contribution in [3.05, 3.63) is 57.7 Å². The molecular weight excluding hydrogens is 390 g/mol. The maximum absolute atomic E-state index is 12.6. The second-order valence-electron chi connectivity index (χ2n) is 5.95. The standard InChI is InChI=1S/C17H14Cl2F3N3O/c18-9-3-4-10(13(19)8-9)11-5-6-14(11)24-16(26)12-2-1-7-23-15(12)25-17(20,21)22/h1-4,7-8,11,14H,5-6H2,(H,23,25)(H,24,26). The first kappa shape index (κ1) is 18.8. The largest absolute Gasteiger partial charge is 0.483 e. The van der Waals surface area contributed by atoms with Crippen molar-refractivity contribution >= 4 is 34.9 Å². The van der Waals surface area contributed by atoms with E-state index in [0.29, 0.717) is 16.5 Å². The predicted octanol–water partition coefficient (Wildman–Crippen LogP) is 5.00. The number of carbonyl (C=O) groups excluding carboxylic acids is 1. The molecule has 0 spiro atoms. The summed E-state index contributed by atoms with van der Waals surface area (Å²) in [4.78, 5) is 16.1. The third kappa shape index (κ3) is 4.22. The number of carbonyl (C=O) groups is 1. The first-order valence-electron chi connectivity index (χ1n) is 7.80. The molecule has 1 aliphatic carbocycles. The molecule has 4 nitrogen and oxygen atoms in total. The van der Waals surface area contributed by atoms with Crippen molar-refractivity contribution in [2.24, 2.45) is 0 Å². The number of nitrogens with zero attached hydrogens (tertiary/aromatic N) is 1. The number of rotatable bonds is 4. The van der Waals surface area contributed by atoms with Crippen molar-refractivity contribution in [2.75, 3.05) is 5.32 Å². The summed E-state index contributed by atoms with van der Waals surface area (Å²) in [6.45, 7) is 0. The molecule has 0 bridgehead atoms. The van der Waals surface area contributed by atoms with Crippen LogP contribution in [-0.2, 0) is 0 Å². The number of alkyl halides is 3. The van der Waals surface area contributed by atoms with Gasteiger partial charge < -0.3 is 5.32 Å². The lowest BCUT2D eigenvalue weighted by atomic mass is 9.75. The van der Waals surface area contributed by atoms with E-state index in [1.807, 2.05) is 0 Å². The lowest BCUT2D eigenvalue weighted by molar-refractivity contribution is -0.100. The van der Waals surface area contributed by atoms with Crippen LogP contribution in [-0.4, -0.2) is 23.2 Å². The van der Waals surface area contributed by atoms with Gasteiger partial charge in [0, 0.05) is 28.2 Å². The highest BCUT2D eigenvalue weighted by molar-refractivity contribution is 6.35. The van der Waals surface area contributed by atoms with Crippen LogP contribution in [0.15, 0.2) is 36.5 Å². The number of hydrogen-bond donors (Lipinski definition) is 2. The molecule has 1 saturated carbocycles. The van der Waals surface area contributed by atoms with Crippen LogP contribution in [0.3, 0.4) is 0 Å². The second-order valence-corrected chi connectivity index (χ2v) is 6.80. The van der Waals surface area contributed by atoms with Gasteiger partial charge >= 0.3 is 6.30 Å². The predicted molar refractivity (Wildman–Crippen MR) is 93.6 cm³/mol. The lowest BCUT2D eigenvalue weighted by Gasteiger charge is -2.38. The average Bonchev–Trinajstić information content (AvgIpc) is 2.53. The van der Waals surface area contributed by atoms with E-state index in [0.717, 1.165) is 12.0 Å². The van der Waals surface area contributed by atoms with Crippen molar-refractivity contribution < 1.29 is 18.0 Å². The van der Waals surface area contributed by atoms with Crippen molar-refractivity contribution in [2.45, 2.75) is 31.1 Å². The van der Waals surface area contributed by atoms with Gasteiger partial charge in [-0.05, 0) is 42.7 Å². The fraction of sp³-hybridized carbons (Fsp3) is 0.294. The molecule has 0 aliphatic heterocycles. The van der Waals surface area contributed by atoms with Crippen LogP contribution in [0.25, 0.3) is 0 Å². The molecule has 2 N–H and O–H groups in total. The molecule has 3 rings (SSSR count). The van der Waals surface area contributed by atoms with Gasteiger partial charge in [0.15, 0.2) is 0 Å². The zero-order chi connectivity index (χ0) is 18.9.